The zero-order chi connectivity index (χ0) is 26.6. The molecule has 0 radical (unpaired) electrons. The lowest BCUT2D eigenvalue weighted by atomic mass is 9.92. The molecule has 1 N–H and O–H groups in total. The maximum atomic E-state index is 13.2. The van der Waals surface area contributed by atoms with E-state index in [9.17, 15) is 9.59 Å². The Bertz CT molecular complexity index is 1160. The van der Waals surface area contributed by atoms with Crippen molar-refractivity contribution in [2.45, 2.75) is 58.3 Å². The molecule has 0 bridgehead atoms. The van der Waals surface area contributed by atoms with Crippen LogP contribution in [0.1, 0.15) is 51.2 Å². The number of carbonyl (C=O) groups excluding carboxylic acids is 2. The summed E-state index contributed by atoms with van der Waals surface area (Å²) in [5.41, 5.74) is 2.74. The van der Waals surface area contributed by atoms with E-state index in [1.807, 2.05) is 63.2 Å². The third-order valence-corrected chi connectivity index (χ3v) is 6.18. The number of rotatable bonds is 8. The first-order valence-electron chi connectivity index (χ1n) is 12.6. The smallest absolute Gasteiger partial charge is 0.410 e. The molecule has 37 heavy (non-hydrogen) atoms. The molecule has 1 saturated carbocycles. The van der Waals surface area contributed by atoms with Crippen molar-refractivity contribution in [2.24, 2.45) is 0 Å². The summed E-state index contributed by atoms with van der Waals surface area (Å²) in [6, 6.07) is 13.6. The van der Waals surface area contributed by atoms with Gasteiger partial charge in [-0.05, 0) is 81.0 Å². The molecule has 2 amide bonds. The highest BCUT2D eigenvalue weighted by atomic mass is 16.6. The molecule has 0 spiro atoms. The molecule has 1 heterocycles. The van der Waals surface area contributed by atoms with Crippen LogP contribution < -0.4 is 19.5 Å². The fourth-order valence-corrected chi connectivity index (χ4v) is 4.16. The monoisotopic (exact) mass is 508 g/mol. The van der Waals surface area contributed by atoms with Gasteiger partial charge in [0.05, 0.1) is 20.8 Å². The predicted molar refractivity (Wildman–Crippen MR) is 141 cm³/mol. The molecule has 2 aromatic carbocycles. The van der Waals surface area contributed by atoms with Crippen LogP contribution in [0.4, 0.5) is 4.79 Å². The second kappa shape index (κ2) is 11.2. The third kappa shape index (κ3) is 7.18. The Morgan fingerprint density at radius 2 is 1.70 bits per heavy atom. The van der Waals surface area contributed by atoms with Gasteiger partial charge in [0.15, 0.2) is 0 Å². The van der Waals surface area contributed by atoms with Crippen molar-refractivity contribution in [1.82, 2.24) is 10.2 Å². The first-order chi connectivity index (χ1) is 17.6. The van der Waals surface area contributed by atoms with Gasteiger partial charge in [-0.15, -0.1) is 0 Å². The number of ether oxygens (including phenoxy) is 4. The molecule has 8 heteroatoms. The van der Waals surface area contributed by atoms with Crippen LogP contribution in [0.5, 0.6) is 17.2 Å². The summed E-state index contributed by atoms with van der Waals surface area (Å²) >= 11 is 0. The van der Waals surface area contributed by atoms with Crippen molar-refractivity contribution in [3.63, 3.8) is 0 Å². The second-order valence-corrected chi connectivity index (χ2v) is 10.4. The van der Waals surface area contributed by atoms with Crippen LogP contribution in [0.3, 0.4) is 0 Å². The summed E-state index contributed by atoms with van der Waals surface area (Å²) in [5, 5.41) is 3.08. The predicted octanol–water partition coefficient (Wildman–Crippen LogP) is 4.96. The third-order valence-electron chi connectivity index (χ3n) is 6.18. The normalized spacial score (nSPS) is 15.8. The number of nitrogens with zero attached hydrogens (tertiary/aromatic N) is 1. The van der Waals surface area contributed by atoms with Crippen molar-refractivity contribution in [1.29, 1.82) is 0 Å². The Kier molecular flexibility index (Phi) is 7.95. The Hall–Kier alpha value is -3.68. The van der Waals surface area contributed by atoms with Gasteiger partial charge >= 0.3 is 6.09 Å². The maximum Gasteiger partial charge on any atom is 0.410 e. The van der Waals surface area contributed by atoms with E-state index in [1.165, 1.54) is 0 Å². The minimum absolute atomic E-state index is 0.124. The number of carbonyl (C=O) groups is 2. The lowest BCUT2D eigenvalue weighted by Gasteiger charge is -2.32. The van der Waals surface area contributed by atoms with Gasteiger partial charge in [-0.2, -0.15) is 0 Å². The molecule has 0 unspecified atom stereocenters. The van der Waals surface area contributed by atoms with Crippen molar-refractivity contribution in [3.8, 4) is 17.2 Å². The van der Waals surface area contributed by atoms with E-state index in [0.717, 1.165) is 29.5 Å². The van der Waals surface area contributed by atoms with Crippen LogP contribution in [0.15, 0.2) is 48.0 Å². The largest absolute Gasteiger partial charge is 0.497 e. The summed E-state index contributed by atoms with van der Waals surface area (Å²) in [5.74, 6) is 1.95. The van der Waals surface area contributed by atoms with Gasteiger partial charge in [0.25, 0.3) is 0 Å². The SMILES string of the molecule is COc1cc(COc2cccc(C3=C(C(=O)NC4CC4)CN(C(=O)OC(C)(C)C)CC3)c2)cc(OC)c1. The summed E-state index contributed by atoms with van der Waals surface area (Å²) in [4.78, 5) is 27.5. The van der Waals surface area contributed by atoms with Crippen LogP contribution in [0, 0.1) is 0 Å². The first-order valence-corrected chi connectivity index (χ1v) is 12.6. The van der Waals surface area contributed by atoms with Crippen LogP contribution in [0.2, 0.25) is 0 Å². The minimum Gasteiger partial charge on any atom is -0.497 e. The highest BCUT2D eigenvalue weighted by Crippen LogP contribution is 2.32. The number of benzene rings is 2. The summed E-state index contributed by atoms with van der Waals surface area (Å²) in [7, 11) is 3.23. The molecule has 2 aliphatic rings. The number of hydrogen-bond donors (Lipinski definition) is 1. The lowest BCUT2D eigenvalue weighted by molar-refractivity contribution is -0.117. The average molecular weight is 509 g/mol. The Morgan fingerprint density at radius 3 is 2.32 bits per heavy atom. The Balaban J connectivity index is 1.55. The topological polar surface area (TPSA) is 86.3 Å². The van der Waals surface area contributed by atoms with Crippen molar-refractivity contribution in [2.75, 3.05) is 27.3 Å². The van der Waals surface area contributed by atoms with Crippen LogP contribution in [-0.2, 0) is 16.1 Å². The van der Waals surface area contributed by atoms with Gasteiger partial charge in [-0.25, -0.2) is 4.79 Å². The molecule has 0 aromatic heterocycles. The molecule has 8 nitrogen and oxygen atoms in total. The molecular weight excluding hydrogens is 472 g/mol. The van der Waals surface area contributed by atoms with Gasteiger partial charge in [0.2, 0.25) is 5.91 Å². The fourth-order valence-electron chi connectivity index (χ4n) is 4.16. The van der Waals surface area contributed by atoms with Gasteiger partial charge in [0, 0.05) is 24.2 Å². The zero-order valence-corrected chi connectivity index (χ0v) is 22.3. The molecule has 4 rings (SSSR count). The van der Waals surface area contributed by atoms with E-state index >= 15 is 0 Å². The molecule has 2 aromatic rings. The molecule has 1 aliphatic carbocycles. The van der Waals surface area contributed by atoms with Gasteiger partial charge < -0.3 is 29.2 Å². The maximum absolute atomic E-state index is 13.2. The van der Waals surface area contributed by atoms with Crippen LogP contribution >= 0.6 is 0 Å². The van der Waals surface area contributed by atoms with Crippen LogP contribution in [0.25, 0.3) is 5.57 Å². The molecule has 0 atom stereocenters. The molecule has 1 aliphatic heterocycles. The quantitative estimate of drug-likeness (QED) is 0.543. The second-order valence-electron chi connectivity index (χ2n) is 10.4. The first kappa shape index (κ1) is 26.4. The highest BCUT2D eigenvalue weighted by Gasteiger charge is 2.32. The minimum atomic E-state index is -0.601. The van der Waals surface area contributed by atoms with E-state index in [0.29, 0.717) is 42.4 Å². The van der Waals surface area contributed by atoms with E-state index in [1.54, 1.807) is 19.1 Å². The molecule has 0 saturated heterocycles. The molecular formula is C29H36N2O6. The average Bonchev–Trinajstić information content (AvgIpc) is 3.70. The lowest BCUT2D eigenvalue weighted by Crippen LogP contribution is -2.43. The van der Waals surface area contributed by atoms with E-state index < -0.39 is 11.7 Å². The Labute approximate surface area is 218 Å². The summed E-state index contributed by atoms with van der Waals surface area (Å²) < 4.78 is 22.3. The molecule has 198 valence electrons. The van der Waals surface area contributed by atoms with E-state index in [4.69, 9.17) is 18.9 Å². The number of methoxy groups -OCH3 is 2. The highest BCUT2D eigenvalue weighted by molar-refractivity contribution is 6.03. The Morgan fingerprint density at radius 1 is 1.00 bits per heavy atom. The number of hydrogen-bond acceptors (Lipinski definition) is 6. The molecule has 1 fully saturated rings. The number of amides is 2. The zero-order valence-electron chi connectivity index (χ0n) is 22.3. The van der Waals surface area contributed by atoms with Crippen molar-refractivity contribution in [3.05, 3.63) is 59.2 Å². The van der Waals surface area contributed by atoms with Crippen LogP contribution in [-0.4, -0.2) is 55.9 Å². The van der Waals surface area contributed by atoms with E-state index in [-0.39, 0.29) is 18.5 Å². The van der Waals surface area contributed by atoms with Gasteiger partial charge in [-0.1, -0.05) is 12.1 Å². The van der Waals surface area contributed by atoms with Crippen molar-refractivity contribution >= 4 is 17.6 Å². The van der Waals surface area contributed by atoms with Gasteiger partial charge in [0.1, 0.15) is 29.5 Å². The fraction of sp³-hybridized carbons (Fsp3) is 0.448. The van der Waals surface area contributed by atoms with E-state index in [2.05, 4.69) is 5.32 Å². The van der Waals surface area contributed by atoms with Crippen molar-refractivity contribution < 1.29 is 28.5 Å². The summed E-state index contributed by atoms with van der Waals surface area (Å²) in [6.45, 7) is 6.52. The summed E-state index contributed by atoms with van der Waals surface area (Å²) in [6.07, 6.45) is 2.11. The van der Waals surface area contributed by atoms with Gasteiger partial charge in [-0.3, -0.25) is 4.79 Å². The number of nitrogens with one attached hydrogen (secondary N) is 1. The standard InChI is InChI=1S/C29H36N2O6/c1-29(2,3)37-28(33)31-12-11-25(26(17-31)27(32)30-21-9-10-21)20-7-6-8-22(15-20)36-18-19-13-23(34-4)16-24(14-19)35-5/h6-8,13-16,21H,9-12,17-18H2,1-5H3,(H,30,32).